The second-order valence-corrected chi connectivity index (χ2v) is 6.12. The molecule has 0 unspecified atom stereocenters. The van der Waals surface area contributed by atoms with Gasteiger partial charge in [0.2, 0.25) is 0 Å². The summed E-state index contributed by atoms with van der Waals surface area (Å²) in [6, 6.07) is 14.1. The van der Waals surface area contributed by atoms with Crippen molar-refractivity contribution in [3.63, 3.8) is 0 Å². The average molecular weight is 290 g/mol. The summed E-state index contributed by atoms with van der Waals surface area (Å²) in [7, 11) is -3.61. The maximum Gasteiger partial charge on any atom is 0.262 e. The zero-order valence-corrected chi connectivity index (χ0v) is 12.2. The van der Waals surface area contributed by atoms with Crippen LogP contribution in [0.25, 0.3) is 0 Å². The number of hydrogen-bond acceptors (Lipinski definition) is 3. The van der Waals surface area contributed by atoms with Crippen molar-refractivity contribution in [2.24, 2.45) is 5.73 Å². The highest BCUT2D eigenvalue weighted by molar-refractivity contribution is 7.92. The van der Waals surface area contributed by atoms with Crippen LogP contribution in [0.15, 0.2) is 53.4 Å². The van der Waals surface area contributed by atoms with Crippen molar-refractivity contribution in [1.29, 1.82) is 0 Å². The molecule has 2 aromatic carbocycles. The molecule has 0 radical (unpaired) electrons. The van der Waals surface area contributed by atoms with Gasteiger partial charge < -0.3 is 5.73 Å². The molecule has 2 rings (SSSR count). The van der Waals surface area contributed by atoms with Gasteiger partial charge in [-0.15, -0.1) is 0 Å². The highest BCUT2D eigenvalue weighted by atomic mass is 32.2. The summed E-state index contributed by atoms with van der Waals surface area (Å²) >= 11 is 0. The minimum Gasteiger partial charge on any atom is -0.326 e. The third-order valence-corrected chi connectivity index (χ3v) is 4.55. The second kappa shape index (κ2) is 6.07. The molecule has 0 heterocycles. The van der Waals surface area contributed by atoms with Gasteiger partial charge in [0.25, 0.3) is 10.0 Å². The minimum atomic E-state index is -3.61. The average Bonchev–Trinajstić information content (AvgIpc) is 2.47. The van der Waals surface area contributed by atoms with Crippen LogP contribution in [0.2, 0.25) is 0 Å². The SMILES string of the molecule is CCc1cccc(NS(=O)(=O)c2ccccc2CN)c1. The zero-order valence-electron chi connectivity index (χ0n) is 11.3. The lowest BCUT2D eigenvalue weighted by Crippen LogP contribution is -2.16. The van der Waals surface area contributed by atoms with Gasteiger partial charge >= 0.3 is 0 Å². The smallest absolute Gasteiger partial charge is 0.262 e. The highest BCUT2D eigenvalue weighted by Crippen LogP contribution is 2.20. The van der Waals surface area contributed by atoms with Gasteiger partial charge in [0, 0.05) is 12.2 Å². The summed E-state index contributed by atoms with van der Waals surface area (Å²) in [5.41, 5.74) is 7.84. The van der Waals surface area contributed by atoms with Gasteiger partial charge in [-0.05, 0) is 35.7 Å². The van der Waals surface area contributed by atoms with Gasteiger partial charge in [-0.2, -0.15) is 0 Å². The first kappa shape index (κ1) is 14.6. The normalized spacial score (nSPS) is 11.3. The maximum absolute atomic E-state index is 12.4. The summed E-state index contributed by atoms with van der Waals surface area (Å²) in [4.78, 5) is 0.226. The fourth-order valence-corrected chi connectivity index (χ4v) is 3.30. The molecule has 20 heavy (non-hydrogen) atoms. The third-order valence-electron chi connectivity index (χ3n) is 3.07. The minimum absolute atomic E-state index is 0.187. The van der Waals surface area contributed by atoms with E-state index < -0.39 is 10.0 Å². The van der Waals surface area contributed by atoms with E-state index in [-0.39, 0.29) is 11.4 Å². The van der Waals surface area contributed by atoms with Crippen LogP contribution in [0.3, 0.4) is 0 Å². The van der Waals surface area contributed by atoms with Gasteiger partial charge in [-0.25, -0.2) is 8.42 Å². The van der Waals surface area contributed by atoms with E-state index in [1.165, 1.54) is 0 Å². The molecule has 0 spiro atoms. The molecule has 0 bridgehead atoms. The number of nitrogens with one attached hydrogen (secondary N) is 1. The first-order valence-corrected chi connectivity index (χ1v) is 7.95. The Labute approximate surface area is 119 Å². The fourth-order valence-electron chi connectivity index (χ4n) is 2.00. The molecular weight excluding hydrogens is 272 g/mol. The van der Waals surface area contributed by atoms with Crippen LogP contribution in [0.1, 0.15) is 18.1 Å². The van der Waals surface area contributed by atoms with Crippen LogP contribution in [-0.2, 0) is 23.0 Å². The van der Waals surface area contributed by atoms with E-state index in [0.717, 1.165) is 12.0 Å². The van der Waals surface area contributed by atoms with Crippen molar-refractivity contribution in [1.82, 2.24) is 0 Å². The fraction of sp³-hybridized carbons (Fsp3) is 0.200. The zero-order chi connectivity index (χ0) is 14.6. The van der Waals surface area contributed by atoms with E-state index in [4.69, 9.17) is 5.73 Å². The van der Waals surface area contributed by atoms with Crippen molar-refractivity contribution in [2.75, 3.05) is 4.72 Å². The lowest BCUT2D eigenvalue weighted by molar-refractivity contribution is 0.600. The number of sulfonamides is 1. The predicted molar refractivity (Wildman–Crippen MR) is 81.0 cm³/mol. The number of nitrogens with two attached hydrogens (primary N) is 1. The number of rotatable bonds is 5. The second-order valence-electron chi connectivity index (χ2n) is 4.47. The van der Waals surface area contributed by atoms with E-state index in [1.54, 1.807) is 30.3 Å². The molecule has 4 nitrogen and oxygen atoms in total. The summed E-state index contributed by atoms with van der Waals surface area (Å²) in [6.07, 6.45) is 0.856. The Morgan fingerprint density at radius 3 is 2.55 bits per heavy atom. The summed E-state index contributed by atoms with van der Waals surface area (Å²) in [5, 5.41) is 0. The van der Waals surface area contributed by atoms with Gasteiger partial charge in [-0.1, -0.05) is 37.3 Å². The van der Waals surface area contributed by atoms with E-state index >= 15 is 0 Å². The monoisotopic (exact) mass is 290 g/mol. The number of anilines is 1. The first-order valence-electron chi connectivity index (χ1n) is 6.46. The Bertz CT molecular complexity index is 697. The van der Waals surface area contributed by atoms with Crippen LogP contribution in [0, 0.1) is 0 Å². The molecule has 0 saturated heterocycles. The standard InChI is InChI=1S/C15H18N2O2S/c1-2-12-6-5-8-14(10-12)17-20(18,19)15-9-4-3-7-13(15)11-16/h3-10,17H,2,11,16H2,1H3. The van der Waals surface area contributed by atoms with Gasteiger partial charge in [0.1, 0.15) is 0 Å². The van der Waals surface area contributed by atoms with Crippen molar-refractivity contribution < 1.29 is 8.42 Å². The Kier molecular flexibility index (Phi) is 4.42. The lowest BCUT2D eigenvalue weighted by Gasteiger charge is -2.12. The Balaban J connectivity index is 2.35. The molecule has 0 aliphatic carbocycles. The first-order chi connectivity index (χ1) is 9.56. The molecule has 0 saturated carbocycles. The highest BCUT2D eigenvalue weighted by Gasteiger charge is 2.17. The molecule has 2 aromatic rings. The van der Waals surface area contributed by atoms with Crippen LogP contribution < -0.4 is 10.5 Å². The van der Waals surface area contributed by atoms with Gasteiger partial charge in [0.15, 0.2) is 0 Å². The molecule has 0 atom stereocenters. The van der Waals surface area contributed by atoms with E-state index in [1.807, 2.05) is 25.1 Å². The van der Waals surface area contributed by atoms with Gasteiger partial charge in [0.05, 0.1) is 4.90 Å². The molecule has 0 aromatic heterocycles. The topological polar surface area (TPSA) is 72.2 Å². The lowest BCUT2D eigenvalue weighted by atomic mass is 10.1. The van der Waals surface area contributed by atoms with Crippen LogP contribution in [0.4, 0.5) is 5.69 Å². The van der Waals surface area contributed by atoms with E-state index in [9.17, 15) is 8.42 Å². The molecular formula is C15H18N2O2S. The van der Waals surface area contributed by atoms with Crippen LogP contribution in [0.5, 0.6) is 0 Å². The third kappa shape index (κ3) is 3.18. The van der Waals surface area contributed by atoms with Crippen LogP contribution >= 0.6 is 0 Å². The summed E-state index contributed by atoms with van der Waals surface area (Å²) in [6.45, 7) is 2.21. The Morgan fingerprint density at radius 2 is 1.85 bits per heavy atom. The Morgan fingerprint density at radius 1 is 1.10 bits per heavy atom. The molecule has 106 valence electrons. The van der Waals surface area contributed by atoms with E-state index in [0.29, 0.717) is 11.3 Å². The van der Waals surface area contributed by atoms with Crippen molar-refractivity contribution in [3.8, 4) is 0 Å². The quantitative estimate of drug-likeness (QED) is 0.888. The van der Waals surface area contributed by atoms with Crippen LogP contribution in [-0.4, -0.2) is 8.42 Å². The summed E-state index contributed by atoms with van der Waals surface area (Å²) < 4.78 is 27.4. The van der Waals surface area contributed by atoms with E-state index in [2.05, 4.69) is 4.72 Å². The van der Waals surface area contributed by atoms with Crippen molar-refractivity contribution in [2.45, 2.75) is 24.8 Å². The van der Waals surface area contributed by atoms with Gasteiger partial charge in [-0.3, -0.25) is 4.72 Å². The molecule has 3 N–H and O–H groups in total. The molecule has 0 aliphatic rings. The Hall–Kier alpha value is -1.85. The predicted octanol–water partition coefficient (Wildman–Crippen LogP) is 2.51. The molecule has 5 heteroatoms. The maximum atomic E-state index is 12.4. The molecule has 0 aliphatic heterocycles. The number of aryl methyl sites for hydroxylation is 1. The number of hydrogen-bond donors (Lipinski definition) is 2. The molecule has 0 amide bonds. The number of benzene rings is 2. The van der Waals surface area contributed by atoms with Crippen molar-refractivity contribution in [3.05, 3.63) is 59.7 Å². The van der Waals surface area contributed by atoms with Crippen molar-refractivity contribution >= 4 is 15.7 Å². The largest absolute Gasteiger partial charge is 0.326 e. The molecule has 0 fully saturated rings. The summed E-state index contributed by atoms with van der Waals surface area (Å²) in [5.74, 6) is 0.